The number of hydrogen-bond donors (Lipinski definition) is 1. The molecule has 0 unspecified atom stereocenters. The van der Waals surface area contributed by atoms with E-state index < -0.39 is 5.97 Å². The number of nitrogens with zero attached hydrogens (tertiary/aromatic N) is 3. The number of ether oxygens (including phenoxy) is 1. The first-order chi connectivity index (χ1) is 13.2. The Morgan fingerprint density at radius 3 is 2.93 bits per heavy atom. The molecule has 2 aromatic heterocycles. The standard InChI is InChI=1S/C20H18N4O2S/c1-27-20-23-17-9-3-8-16(17)18(24-20)22-14-6-2-7-15(11-14)26-19(25)13-5-4-10-21-12-13/h2,4-7,10-12H,3,8-9H2,1H3,(H,22,23,24). The lowest BCUT2D eigenvalue weighted by atomic mass is 10.2. The van der Waals surface area contributed by atoms with Crippen LogP contribution in [0.3, 0.4) is 0 Å². The van der Waals surface area contributed by atoms with Gasteiger partial charge < -0.3 is 10.1 Å². The third-order valence-corrected chi connectivity index (χ3v) is 4.85. The SMILES string of the molecule is CSc1nc2c(c(Nc3cccc(OC(=O)c4cccnc4)c3)n1)CCC2. The van der Waals surface area contributed by atoms with Gasteiger partial charge in [-0.2, -0.15) is 0 Å². The zero-order valence-electron chi connectivity index (χ0n) is 14.8. The topological polar surface area (TPSA) is 77.0 Å². The first-order valence-electron chi connectivity index (χ1n) is 8.66. The fraction of sp³-hybridized carbons (Fsp3) is 0.200. The molecular formula is C20H18N4O2S. The predicted molar refractivity (Wildman–Crippen MR) is 105 cm³/mol. The molecule has 7 heteroatoms. The lowest BCUT2D eigenvalue weighted by Crippen LogP contribution is -2.09. The van der Waals surface area contributed by atoms with E-state index in [9.17, 15) is 4.79 Å². The number of rotatable bonds is 5. The molecule has 0 atom stereocenters. The average Bonchev–Trinajstić information content (AvgIpc) is 3.18. The minimum Gasteiger partial charge on any atom is -0.423 e. The lowest BCUT2D eigenvalue weighted by molar-refractivity contribution is 0.0734. The number of aromatic nitrogens is 3. The highest BCUT2D eigenvalue weighted by Crippen LogP contribution is 2.31. The number of benzene rings is 1. The van der Waals surface area contributed by atoms with Gasteiger partial charge >= 0.3 is 5.97 Å². The molecule has 3 aromatic rings. The molecule has 0 saturated heterocycles. The van der Waals surface area contributed by atoms with Crippen LogP contribution in [0.25, 0.3) is 0 Å². The molecule has 0 saturated carbocycles. The summed E-state index contributed by atoms with van der Waals surface area (Å²) in [6, 6.07) is 10.7. The molecule has 6 nitrogen and oxygen atoms in total. The van der Waals surface area contributed by atoms with Gasteiger partial charge in [0, 0.05) is 29.7 Å². The molecule has 1 aliphatic rings. The first kappa shape index (κ1) is 17.5. The van der Waals surface area contributed by atoms with Gasteiger partial charge in [0.1, 0.15) is 11.6 Å². The number of carbonyl (C=O) groups excluding carboxylic acids is 1. The number of pyridine rings is 1. The second kappa shape index (κ2) is 7.75. The van der Waals surface area contributed by atoms with Crippen molar-refractivity contribution in [3.63, 3.8) is 0 Å². The third kappa shape index (κ3) is 3.93. The zero-order chi connectivity index (χ0) is 18.6. The van der Waals surface area contributed by atoms with Gasteiger partial charge in [0.15, 0.2) is 5.16 Å². The maximum atomic E-state index is 12.2. The van der Waals surface area contributed by atoms with Gasteiger partial charge in [-0.25, -0.2) is 14.8 Å². The van der Waals surface area contributed by atoms with Crippen molar-refractivity contribution in [2.45, 2.75) is 24.4 Å². The van der Waals surface area contributed by atoms with E-state index >= 15 is 0 Å². The Morgan fingerprint density at radius 1 is 1.19 bits per heavy atom. The van der Waals surface area contributed by atoms with Crippen molar-refractivity contribution < 1.29 is 9.53 Å². The number of anilines is 2. The Bertz CT molecular complexity index is 979. The van der Waals surface area contributed by atoms with Gasteiger partial charge in [-0.1, -0.05) is 17.8 Å². The van der Waals surface area contributed by atoms with E-state index in [1.165, 1.54) is 23.5 Å². The fourth-order valence-electron chi connectivity index (χ4n) is 3.03. The largest absolute Gasteiger partial charge is 0.423 e. The van der Waals surface area contributed by atoms with Crippen LogP contribution in [-0.4, -0.2) is 27.2 Å². The lowest BCUT2D eigenvalue weighted by Gasteiger charge is -2.12. The molecule has 0 radical (unpaired) electrons. The van der Waals surface area contributed by atoms with E-state index in [0.717, 1.165) is 41.6 Å². The summed E-state index contributed by atoms with van der Waals surface area (Å²) in [4.78, 5) is 25.4. The van der Waals surface area contributed by atoms with E-state index in [0.29, 0.717) is 11.3 Å². The minimum atomic E-state index is -0.437. The summed E-state index contributed by atoms with van der Waals surface area (Å²) in [6.45, 7) is 0. The molecule has 0 fully saturated rings. The van der Waals surface area contributed by atoms with E-state index in [1.807, 2.05) is 18.4 Å². The van der Waals surface area contributed by atoms with Gasteiger partial charge in [0.2, 0.25) is 0 Å². The van der Waals surface area contributed by atoms with Crippen molar-refractivity contribution in [3.8, 4) is 5.75 Å². The molecule has 4 rings (SSSR count). The van der Waals surface area contributed by atoms with E-state index in [4.69, 9.17) is 4.74 Å². The van der Waals surface area contributed by atoms with Gasteiger partial charge in [-0.05, 0) is 49.8 Å². The molecule has 1 aliphatic carbocycles. The van der Waals surface area contributed by atoms with Crippen molar-refractivity contribution in [1.82, 2.24) is 15.0 Å². The summed E-state index contributed by atoms with van der Waals surface area (Å²) in [5.74, 6) is 0.857. The van der Waals surface area contributed by atoms with Crippen molar-refractivity contribution in [2.75, 3.05) is 11.6 Å². The predicted octanol–water partition coefficient (Wildman–Crippen LogP) is 4.05. The second-order valence-electron chi connectivity index (χ2n) is 6.12. The van der Waals surface area contributed by atoms with Crippen LogP contribution in [0.2, 0.25) is 0 Å². The van der Waals surface area contributed by atoms with Gasteiger partial charge in [-0.15, -0.1) is 0 Å². The van der Waals surface area contributed by atoms with Crippen molar-refractivity contribution >= 4 is 29.2 Å². The fourth-order valence-corrected chi connectivity index (χ4v) is 3.41. The summed E-state index contributed by atoms with van der Waals surface area (Å²) >= 11 is 1.53. The van der Waals surface area contributed by atoms with Crippen molar-refractivity contribution in [1.29, 1.82) is 0 Å². The average molecular weight is 378 g/mol. The molecule has 1 aromatic carbocycles. The number of fused-ring (bicyclic) bond motifs is 1. The van der Waals surface area contributed by atoms with Crippen LogP contribution in [0.4, 0.5) is 11.5 Å². The summed E-state index contributed by atoms with van der Waals surface area (Å²) in [6.07, 6.45) is 8.13. The van der Waals surface area contributed by atoms with Crippen molar-refractivity contribution in [3.05, 3.63) is 65.6 Å². The van der Waals surface area contributed by atoms with Gasteiger partial charge in [-0.3, -0.25) is 4.98 Å². The third-order valence-electron chi connectivity index (χ3n) is 4.30. The van der Waals surface area contributed by atoms with Gasteiger partial charge in [0.05, 0.1) is 11.3 Å². The van der Waals surface area contributed by atoms with Gasteiger partial charge in [0.25, 0.3) is 0 Å². The molecule has 0 amide bonds. The maximum absolute atomic E-state index is 12.2. The Labute approximate surface area is 161 Å². The maximum Gasteiger partial charge on any atom is 0.345 e. The second-order valence-corrected chi connectivity index (χ2v) is 6.90. The first-order valence-corrected chi connectivity index (χ1v) is 9.88. The quantitative estimate of drug-likeness (QED) is 0.311. The normalized spacial score (nSPS) is 12.5. The number of nitrogens with one attached hydrogen (secondary N) is 1. The molecular weight excluding hydrogens is 360 g/mol. The molecule has 2 heterocycles. The Balaban J connectivity index is 1.55. The highest BCUT2D eigenvalue weighted by molar-refractivity contribution is 7.98. The monoisotopic (exact) mass is 378 g/mol. The number of aryl methyl sites for hydroxylation is 1. The van der Waals surface area contributed by atoms with Crippen LogP contribution >= 0.6 is 11.8 Å². The van der Waals surface area contributed by atoms with Crippen LogP contribution in [0.5, 0.6) is 5.75 Å². The van der Waals surface area contributed by atoms with E-state index in [2.05, 4.69) is 20.3 Å². The highest BCUT2D eigenvalue weighted by atomic mass is 32.2. The summed E-state index contributed by atoms with van der Waals surface area (Å²) in [5, 5.41) is 4.13. The molecule has 0 bridgehead atoms. The number of carbonyl (C=O) groups is 1. The van der Waals surface area contributed by atoms with Crippen LogP contribution < -0.4 is 10.1 Å². The Morgan fingerprint density at radius 2 is 2.11 bits per heavy atom. The summed E-state index contributed by atoms with van der Waals surface area (Å²) < 4.78 is 5.46. The number of esters is 1. The summed E-state index contributed by atoms with van der Waals surface area (Å²) in [5.41, 5.74) is 3.52. The number of thioether (sulfide) groups is 1. The Hall–Kier alpha value is -2.93. The van der Waals surface area contributed by atoms with Crippen molar-refractivity contribution in [2.24, 2.45) is 0 Å². The Kier molecular flexibility index (Phi) is 5.02. The van der Waals surface area contributed by atoms with Crippen LogP contribution in [-0.2, 0) is 12.8 Å². The van der Waals surface area contributed by atoms with Crippen LogP contribution in [0.15, 0.2) is 53.9 Å². The molecule has 1 N–H and O–H groups in total. The highest BCUT2D eigenvalue weighted by Gasteiger charge is 2.19. The molecule has 27 heavy (non-hydrogen) atoms. The van der Waals surface area contributed by atoms with Crippen LogP contribution in [0.1, 0.15) is 28.0 Å². The summed E-state index contributed by atoms with van der Waals surface area (Å²) in [7, 11) is 0. The van der Waals surface area contributed by atoms with E-state index in [1.54, 1.807) is 30.5 Å². The molecule has 136 valence electrons. The zero-order valence-corrected chi connectivity index (χ0v) is 15.6. The number of hydrogen-bond acceptors (Lipinski definition) is 7. The molecule has 0 spiro atoms. The van der Waals surface area contributed by atoms with E-state index in [-0.39, 0.29) is 0 Å². The smallest absolute Gasteiger partial charge is 0.345 e. The molecule has 0 aliphatic heterocycles. The minimum absolute atomic E-state index is 0.411. The van der Waals surface area contributed by atoms with Crippen LogP contribution in [0, 0.1) is 0 Å².